The van der Waals surface area contributed by atoms with Crippen LogP contribution in [0.15, 0.2) is 30.5 Å². The van der Waals surface area contributed by atoms with E-state index in [9.17, 15) is 9.59 Å². The highest BCUT2D eigenvalue weighted by molar-refractivity contribution is 7.17. The van der Waals surface area contributed by atoms with Crippen LogP contribution in [0.3, 0.4) is 0 Å². The molecule has 214 valence electrons. The molecule has 40 heavy (non-hydrogen) atoms. The minimum Gasteiger partial charge on any atom is -0.463 e. The minimum atomic E-state index is -0.591. The number of hydrogen-bond donors (Lipinski definition) is 3. The van der Waals surface area contributed by atoms with Crippen molar-refractivity contribution in [2.24, 2.45) is 11.7 Å². The number of aromatic nitrogens is 3. The molecular weight excluding hydrogens is 552 g/mol. The van der Waals surface area contributed by atoms with Crippen molar-refractivity contribution < 1.29 is 14.3 Å². The van der Waals surface area contributed by atoms with Gasteiger partial charge >= 0.3 is 5.97 Å². The maximum atomic E-state index is 12.8. The molecule has 4 rings (SSSR count). The molecule has 0 saturated carbocycles. The van der Waals surface area contributed by atoms with Gasteiger partial charge in [-0.15, -0.1) is 0 Å². The highest BCUT2D eigenvalue weighted by Gasteiger charge is 2.22. The Labute approximate surface area is 243 Å². The lowest BCUT2D eigenvalue weighted by Gasteiger charge is -2.35. The summed E-state index contributed by atoms with van der Waals surface area (Å²) in [6.07, 6.45) is 1.52. The molecule has 0 spiro atoms. The van der Waals surface area contributed by atoms with Crippen molar-refractivity contribution >= 4 is 57.3 Å². The van der Waals surface area contributed by atoms with Gasteiger partial charge in [-0.05, 0) is 31.4 Å². The van der Waals surface area contributed by atoms with Crippen molar-refractivity contribution in [3.63, 3.8) is 0 Å². The Morgan fingerprint density at radius 1 is 1.18 bits per heavy atom. The lowest BCUT2D eigenvalue weighted by Crippen LogP contribution is -2.48. The Balaban J connectivity index is 1.31. The first-order chi connectivity index (χ1) is 19.1. The van der Waals surface area contributed by atoms with E-state index in [1.807, 2.05) is 45.9 Å². The number of nitrogens with zero attached hydrogens (tertiary/aromatic N) is 5. The number of esters is 1. The van der Waals surface area contributed by atoms with E-state index in [2.05, 4.69) is 35.4 Å². The molecule has 3 heterocycles. The van der Waals surface area contributed by atoms with Crippen LogP contribution < -0.4 is 21.3 Å². The van der Waals surface area contributed by atoms with E-state index < -0.39 is 6.04 Å². The minimum absolute atomic E-state index is 0.0486. The molecule has 0 radical (unpaired) electrons. The second-order valence-electron chi connectivity index (χ2n) is 9.97. The van der Waals surface area contributed by atoms with Crippen LogP contribution in [0.1, 0.15) is 34.9 Å². The molecule has 13 heteroatoms. The zero-order valence-corrected chi connectivity index (χ0v) is 24.7. The average molecular weight is 587 g/mol. The third kappa shape index (κ3) is 7.66. The normalized spacial score (nSPS) is 14.7. The number of carbonyl (C=O) groups is 2. The number of aryl methyl sites for hydroxylation is 2. The van der Waals surface area contributed by atoms with E-state index in [4.69, 9.17) is 22.1 Å². The number of nitrogens with one attached hydrogen (secondary N) is 2. The van der Waals surface area contributed by atoms with E-state index in [0.29, 0.717) is 45.5 Å². The molecule has 1 aliphatic rings. The van der Waals surface area contributed by atoms with Gasteiger partial charge in [0, 0.05) is 38.8 Å². The maximum absolute atomic E-state index is 12.8. The van der Waals surface area contributed by atoms with Crippen molar-refractivity contribution in [2.45, 2.75) is 33.7 Å². The molecule has 4 N–H and O–H groups in total. The molecule has 3 aromatic rings. The standard InChI is InChI=1S/C27H35ClN8O3S/c1-16(2)23(29)26(38)39-13-12-35-8-10-36(11-9-35)22-14-21(31-18(4)32-22)33-27-30-15-20(40-27)25(37)34-24-17(3)6-5-7-19(24)28/h5-7,14-16,23H,8-13,29H2,1-4H3,(H,34,37)(H,30,31,32,33)/t23-/m1/s1. The fourth-order valence-corrected chi connectivity index (χ4v) is 5.12. The first-order valence-electron chi connectivity index (χ1n) is 13.1. The monoisotopic (exact) mass is 586 g/mol. The Hall–Kier alpha value is -3.32. The van der Waals surface area contributed by atoms with E-state index in [1.54, 1.807) is 6.07 Å². The number of para-hydroxylation sites is 1. The smallest absolute Gasteiger partial charge is 0.323 e. The van der Waals surface area contributed by atoms with Crippen molar-refractivity contribution in [3.05, 3.63) is 51.7 Å². The highest BCUT2D eigenvalue weighted by Crippen LogP contribution is 2.28. The third-order valence-electron chi connectivity index (χ3n) is 6.59. The number of thiazole rings is 1. The van der Waals surface area contributed by atoms with E-state index in [1.165, 1.54) is 17.5 Å². The molecule has 1 aromatic carbocycles. The number of benzene rings is 1. The first-order valence-corrected chi connectivity index (χ1v) is 14.3. The van der Waals surface area contributed by atoms with Crippen molar-refractivity contribution in [1.29, 1.82) is 0 Å². The Morgan fingerprint density at radius 2 is 1.93 bits per heavy atom. The van der Waals surface area contributed by atoms with Gasteiger partial charge in [0.15, 0.2) is 5.13 Å². The Morgan fingerprint density at radius 3 is 2.62 bits per heavy atom. The molecule has 0 aliphatic carbocycles. The van der Waals surface area contributed by atoms with Gasteiger partial charge in [0.25, 0.3) is 5.91 Å². The lowest BCUT2D eigenvalue weighted by atomic mass is 10.1. The van der Waals surface area contributed by atoms with Gasteiger partial charge in [-0.1, -0.05) is 48.9 Å². The molecule has 1 aliphatic heterocycles. The van der Waals surface area contributed by atoms with Crippen molar-refractivity contribution in [1.82, 2.24) is 19.9 Å². The maximum Gasteiger partial charge on any atom is 0.323 e. The molecule has 2 aromatic heterocycles. The summed E-state index contributed by atoms with van der Waals surface area (Å²) in [7, 11) is 0. The first kappa shape index (κ1) is 29.7. The van der Waals surface area contributed by atoms with Gasteiger partial charge < -0.3 is 26.0 Å². The topological polar surface area (TPSA) is 139 Å². The number of nitrogens with two attached hydrogens (primary N) is 1. The van der Waals surface area contributed by atoms with Crippen molar-refractivity contribution in [3.8, 4) is 0 Å². The van der Waals surface area contributed by atoms with Crippen LogP contribution in [0.5, 0.6) is 0 Å². The number of anilines is 4. The van der Waals surface area contributed by atoms with Crippen LogP contribution in [-0.2, 0) is 9.53 Å². The zero-order chi connectivity index (χ0) is 28.8. The number of ether oxygens (including phenoxy) is 1. The summed E-state index contributed by atoms with van der Waals surface area (Å²) in [4.78, 5) is 43.1. The SMILES string of the molecule is Cc1nc(Nc2ncc(C(=O)Nc3c(C)cccc3Cl)s2)cc(N2CCN(CCOC(=O)[C@H](N)C(C)C)CC2)n1. The number of hydrogen-bond acceptors (Lipinski definition) is 11. The summed E-state index contributed by atoms with van der Waals surface area (Å²) >= 11 is 7.47. The summed E-state index contributed by atoms with van der Waals surface area (Å²) < 4.78 is 5.34. The number of piperazine rings is 1. The number of halogens is 1. The van der Waals surface area contributed by atoms with Crippen LogP contribution in [0.4, 0.5) is 22.5 Å². The lowest BCUT2D eigenvalue weighted by molar-refractivity contribution is -0.146. The summed E-state index contributed by atoms with van der Waals surface area (Å²) in [5, 5.41) is 7.10. The Kier molecular flexibility index (Phi) is 9.90. The molecular formula is C27H35ClN8O3S. The highest BCUT2D eigenvalue weighted by atomic mass is 35.5. The van der Waals surface area contributed by atoms with Crippen LogP contribution >= 0.6 is 22.9 Å². The summed E-state index contributed by atoms with van der Waals surface area (Å²) in [5.74, 6) is 1.45. The van der Waals surface area contributed by atoms with Crippen molar-refractivity contribution in [2.75, 3.05) is 54.9 Å². The van der Waals surface area contributed by atoms with Gasteiger partial charge in [0.1, 0.15) is 35.0 Å². The van der Waals surface area contributed by atoms with E-state index in [0.717, 1.165) is 37.6 Å². The molecule has 0 unspecified atom stereocenters. The van der Waals surface area contributed by atoms with Crippen LogP contribution in [0, 0.1) is 19.8 Å². The largest absolute Gasteiger partial charge is 0.463 e. The summed E-state index contributed by atoms with van der Waals surface area (Å²) in [5.41, 5.74) is 7.32. The van der Waals surface area contributed by atoms with E-state index >= 15 is 0 Å². The summed E-state index contributed by atoms with van der Waals surface area (Å²) in [6, 6.07) is 6.75. The molecule has 0 bridgehead atoms. The van der Waals surface area contributed by atoms with Crippen LogP contribution in [0.25, 0.3) is 0 Å². The predicted octanol–water partition coefficient (Wildman–Crippen LogP) is 3.85. The number of carbonyl (C=O) groups excluding carboxylic acids is 2. The van der Waals surface area contributed by atoms with Gasteiger partial charge in [-0.3, -0.25) is 14.5 Å². The molecule has 1 atom stereocenters. The predicted molar refractivity (Wildman–Crippen MR) is 159 cm³/mol. The van der Waals surface area contributed by atoms with Gasteiger partial charge in [0.2, 0.25) is 0 Å². The molecule has 11 nitrogen and oxygen atoms in total. The average Bonchev–Trinajstić information content (AvgIpc) is 3.38. The second-order valence-corrected chi connectivity index (χ2v) is 11.4. The number of rotatable bonds is 10. The van der Waals surface area contributed by atoms with Gasteiger partial charge in [-0.25, -0.2) is 15.0 Å². The Bertz CT molecular complexity index is 1320. The quantitative estimate of drug-likeness (QED) is 0.300. The van der Waals surface area contributed by atoms with E-state index in [-0.39, 0.29) is 17.8 Å². The number of amides is 1. The molecule has 1 saturated heterocycles. The summed E-state index contributed by atoms with van der Waals surface area (Å²) in [6.45, 7) is 11.7. The van der Waals surface area contributed by atoms with Crippen LogP contribution in [-0.4, -0.2) is 77.1 Å². The molecule has 1 amide bonds. The fraction of sp³-hybridized carbons (Fsp3) is 0.444. The molecule has 1 fully saturated rings. The zero-order valence-electron chi connectivity index (χ0n) is 23.1. The van der Waals surface area contributed by atoms with Gasteiger partial charge in [-0.2, -0.15) is 0 Å². The van der Waals surface area contributed by atoms with Crippen LogP contribution in [0.2, 0.25) is 5.02 Å². The fourth-order valence-electron chi connectivity index (χ4n) is 4.13. The third-order valence-corrected chi connectivity index (χ3v) is 7.81. The second kappa shape index (κ2) is 13.4. The van der Waals surface area contributed by atoms with Gasteiger partial charge in [0.05, 0.1) is 16.9 Å².